The molecule has 0 aromatic heterocycles. The number of hydrogen-bond acceptors (Lipinski definition) is 2. The van der Waals surface area contributed by atoms with Gasteiger partial charge in [0.25, 0.3) is 5.91 Å². The maximum atomic E-state index is 13.7. The predicted molar refractivity (Wildman–Crippen MR) is 74.6 cm³/mol. The highest BCUT2D eigenvalue weighted by atomic mass is 32.1. The van der Waals surface area contributed by atoms with Crippen molar-refractivity contribution in [3.63, 3.8) is 0 Å². The monoisotopic (exact) mass is 267 g/mol. The minimum absolute atomic E-state index is 0.0410. The second-order valence-electron chi connectivity index (χ2n) is 5.04. The first-order valence-corrected chi connectivity index (χ1v) is 6.13. The molecule has 0 aliphatic rings. The third-order valence-electron chi connectivity index (χ3n) is 2.55. The molecule has 0 N–H and O–H groups in total. The van der Waals surface area contributed by atoms with Crippen molar-refractivity contribution in [2.75, 3.05) is 6.54 Å². The quantitative estimate of drug-likeness (QED) is 0.656. The summed E-state index contributed by atoms with van der Waals surface area (Å²) in [5.41, 5.74) is -0.358. The molecule has 0 unspecified atom stereocenters. The molecular formula is C14H18FNOS. The van der Waals surface area contributed by atoms with E-state index in [1.807, 2.05) is 20.8 Å². The summed E-state index contributed by atoms with van der Waals surface area (Å²) in [5.74, 6) is -0.882. The van der Waals surface area contributed by atoms with Crippen LogP contribution in [0.5, 0.6) is 0 Å². The average molecular weight is 267 g/mol. The Bertz CT molecular complexity index is 465. The fourth-order valence-corrected chi connectivity index (χ4v) is 1.82. The van der Waals surface area contributed by atoms with Crippen LogP contribution in [0.25, 0.3) is 0 Å². The lowest BCUT2D eigenvalue weighted by molar-refractivity contribution is 0.0611. The van der Waals surface area contributed by atoms with Crippen molar-refractivity contribution in [3.05, 3.63) is 42.2 Å². The third-order valence-corrected chi connectivity index (χ3v) is 2.83. The molecule has 0 saturated carbocycles. The molecule has 0 atom stereocenters. The summed E-state index contributed by atoms with van der Waals surface area (Å²) in [5, 5.41) is 0. The Balaban J connectivity index is 3.17. The molecule has 1 aromatic rings. The van der Waals surface area contributed by atoms with Crippen LogP contribution in [0.4, 0.5) is 4.39 Å². The molecule has 0 saturated heterocycles. The molecule has 0 spiro atoms. The van der Waals surface area contributed by atoms with E-state index in [9.17, 15) is 9.18 Å². The van der Waals surface area contributed by atoms with Crippen LogP contribution in [-0.4, -0.2) is 22.9 Å². The van der Waals surface area contributed by atoms with Crippen LogP contribution in [0.15, 0.2) is 35.7 Å². The Morgan fingerprint density at radius 3 is 2.61 bits per heavy atom. The number of benzene rings is 1. The standard InChI is InChI=1S/C14H18FNOS/c1-5-8-16(14(2,3)4)13(17)11-9-10(18)6-7-12(11)15/h5-7,9,18H,1,8H2,2-4H3. The van der Waals surface area contributed by atoms with E-state index >= 15 is 0 Å². The number of nitrogens with zero attached hydrogens (tertiary/aromatic N) is 1. The average Bonchev–Trinajstić information content (AvgIpc) is 2.27. The van der Waals surface area contributed by atoms with Gasteiger partial charge in [0, 0.05) is 17.0 Å². The van der Waals surface area contributed by atoms with E-state index in [2.05, 4.69) is 19.2 Å². The Morgan fingerprint density at radius 2 is 2.11 bits per heavy atom. The maximum Gasteiger partial charge on any atom is 0.257 e. The SMILES string of the molecule is C=CCN(C(=O)c1cc(S)ccc1F)C(C)(C)C. The predicted octanol–water partition coefficient (Wildman–Crippen LogP) is 3.54. The molecule has 1 amide bonds. The molecule has 98 valence electrons. The molecule has 2 nitrogen and oxygen atoms in total. The summed E-state index contributed by atoms with van der Waals surface area (Å²) >= 11 is 4.13. The first kappa shape index (κ1) is 14.8. The topological polar surface area (TPSA) is 20.3 Å². The van der Waals surface area contributed by atoms with Gasteiger partial charge in [-0.25, -0.2) is 4.39 Å². The van der Waals surface area contributed by atoms with Crippen LogP contribution in [0.1, 0.15) is 31.1 Å². The van der Waals surface area contributed by atoms with Crippen LogP contribution in [-0.2, 0) is 0 Å². The summed E-state index contributed by atoms with van der Waals surface area (Å²) in [6, 6.07) is 4.22. The highest BCUT2D eigenvalue weighted by Crippen LogP contribution is 2.21. The summed E-state index contributed by atoms with van der Waals surface area (Å²) in [4.78, 5) is 14.5. The van der Waals surface area contributed by atoms with E-state index in [0.717, 1.165) is 0 Å². The lowest BCUT2D eigenvalue weighted by Crippen LogP contribution is -2.46. The van der Waals surface area contributed by atoms with Crippen LogP contribution in [0, 0.1) is 5.82 Å². The number of rotatable bonds is 3. The lowest BCUT2D eigenvalue weighted by Gasteiger charge is -2.35. The molecule has 0 bridgehead atoms. The van der Waals surface area contributed by atoms with Gasteiger partial charge < -0.3 is 4.90 Å². The van der Waals surface area contributed by atoms with Crippen molar-refractivity contribution in [3.8, 4) is 0 Å². The van der Waals surface area contributed by atoms with Crippen molar-refractivity contribution in [1.29, 1.82) is 0 Å². The second kappa shape index (κ2) is 5.57. The minimum Gasteiger partial charge on any atom is -0.330 e. The van der Waals surface area contributed by atoms with Gasteiger partial charge in [-0.1, -0.05) is 6.08 Å². The summed E-state index contributed by atoms with van der Waals surface area (Å²) in [6.07, 6.45) is 1.63. The maximum absolute atomic E-state index is 13.7. The molecular weight excluding hydrogens is 249 g/mol. The molecule has 0 fully saturated rings. The molecule has 0 heterocycles. The van der Waals surface area contributed by atoms with E-state index in [0.29, 0.717) is 11.4 Å². The highest BCUT2D eigenvalue weighted by Gasteiger charge is 2.27. The Kier molecular flexibility index (Phi) is 4.57. The van der Waals surface area contributed by atoms with E-state index in [1.54, 1.807) is 11.0 Å². The zero-order valence-corrected chi connectivity index (χ0v) is 11.8. The zero-order chi connectivity index (χ0) is 13.9. The van der Waals surface area contributed by atoms with Crippen molar-refractivity contribution >= 4 is 18.5 Å². The van der Waals surface area contributed by atoms with Gasteiger partial charge in [0.15, 0.2) is 0 Å². The second-order valence-corrected chi connectivity index (χ2v) is 5.56. The smallest absolute Gasteiger partial charge is 0.257 e. The van der Waals surface area contributed by atoms with Gasteiger partial charge in [-0.2, -0.15) is 0 Å². The molecule has 18 heavy (non-hydrogen) atoms. The molecule has 1 aromatic carbocycles. The van der Waals surface area contributed by atoms with E-state index in [4.69, 9.17) is 0 Å². The number of thiol groups is 1. The van der Waals surface area contributed by atoms with Gasteiger partial charge in [0.1, 0.15) is 5.82 Å². The lowest BCUT2D eigenvalue weighted by atomic mass is 10.0. The van der Waals surface area contributed by atoms with Crippen molar-refractivity contribution < 1.29 is 9.18 Å². The molecule has 1 rings (SSSR count). The summed E-state index contributed by atoms with van der Waals surface area (Å²) < 4.78 is 13.7. The highest BCUT2D eigenvalue weighted by molar-refractivity contribution is 7.80. The minimum atomic E-state index is -0.531. The first-order valence-electron chi connectivity index (χ1n) is 5.68. The summed E-state index contributed by atoms with van der Waals surface area (Å²) in [7, 11) is 0. The fraction of sp³-hybridized carbons (Fsp3) is 0.357. The Hall–Kier alpha value is -1.29. The summed E-state index contributed by atoms with van der Waals surface area (Å²) in [6.45, 7) is 9.70. The fourth-order valence-electron chi connectivity index (χ4n) is 1.61. The van der Waals surface area contributed by atoms with E-state index < -0.39 is 11.4 Å². The number of amides is 1. The van der Waals surface area contributed by atoms with Crippen LogP contribution in [0.3, 0.4) is 0 Å². The molecule has 0 radical (unpaired) electrons. The molecule has 0 aliphatic heterocycles. The van der Waals surface area contributed by atoms with E-state index in [1.165, 1.54) is 18.2 Å². The van der Waals surface area contributed by atoms with Crippen molar-refractivity contribution in [2.24, 2.45) is 0 Å². The number of halogens is 1. The Morgan fingerprint density at radius 1 is 1.50 bits per heavy atom. The van der Waals surface area contributed by atoms with Crippen LogP contribution in [0.2, 0.25) is 0 Å². The van der Waals surface area contributed by atoms with Crippen molar-refractivity contribution in [1.82, 2.24) is 4.90 Å². The normalized spacial score (nSPS) is 11.2. The van der Waals surface area contributed by atoms with Gasteiger partial charge in [-0.3, -0.25) is 4.79 Å². The van der Waals surface area contributed by atoms with Gasteiger partial charge in [0.05, 0.1) is 5.56 Å². The van der Waals surface area contributed by atoms with Crippen LogP contribution >= 0.6 is 12.6 Å². The number of hydrogen-bond donors (Lipinski definition) is 1. The van der Waals surface area contributed by atoms with E-state index in [-0.39, 0.29) is 11.5 Å². The Labute approximate surface area is 113 Å². The first-order chi connectivity index (χ1) is 8.27. The van der Waals surface area contributed by atoms with Gasteiger partial charge >= 0.3 is 0 Å². The molecule has 4 heteroatoms. The van der Waals surface area contributed by atoms with Crippen LogP contribution < -0.4 is 0 Å². The van der Waals surface area contributed by atoms with Gasteiger partial charge in [-0.15, -0.1) is 19.2 Å². The number of carbonyl (C=O) groups excluding carboxylic acids is 1. The van der Waals surface area contributed by atoms with Gasteiger partial charge in [0.2, 0.25) is 0 Å². The number of carbonyl (C=O) groups is 1. The van der Waals surface area contributed by atoms with Crippen molar-refractivity contribution in [2.45, 2.75) is 31.2 Å². The molecule has 0 aliphatic carbocycles. The van der Waals surface area contributed by atoms with Gasteiger partial charge in [-0.05, 0) is 39.0 Å². The third kappa shape index (κ3) is 3.35. The largest absolute Gasteiger partial charge is 0.330 e. The zero-order valence-electron chi connectivity index (χ0n) is 10.9.